The van der Waals surface area contributed by atoms with Crippen molar-refractivity contribution in [3.8, 4) is 0 Å². The third-order valence-electron chi connectivity index (χ3n) is 2.68. The molecule has 1 unspecified atom stereocenters. The first-order valence-corrected chi connectivity index (χ1v) is 6.22. The quantitative estimate of drug-likeness (QED) is 0.640. The van der Waals surface area contributed by atoms with Crippen LogP contribution in [-0.4, -0.2) is 17.8 Å². The number of halogens is 2. The van der Waals surface area contributed by atoms with Crippen molar-refractivity contribution in [3.05, 3.63) is 22.2 Å². The van der Waals surface area contributed by atoms with E-state index in [1.165, 1.54) is 0 Å². The second kappa shape index (κ2) is 4.26. The van der Waals surface area contributed by atoms with Crippen LogP contribution in [0.25, 0.3) is 0 Å². The van der Waals surface area contributed by atoms with E-state index in [0.717, 1.165) is 15.7 Å². The molecule has 1 aliphatic heterocycles. The first kappa shape index (κ1) is 11.7. The van der Waals surface area contributed by atoms with Gasteiger partial charge in [-0.2, -0.15) is 0 Å². The minimum atomic E-state index is -0.115. The van der Waals surface area contributed by atoms with Crippen molar-refractivity contribution in [1.29, 1.82) is 0 Å². The van der Waals surface area contributed by atoms with Crippen LogP contribution in [0.3, 0.4) is 0 Å². The highest BCUT2D eigenvalue weighted by Crippen LogP contribution is 2.33. The van der Waals surface area contributed by atoms with Crippen molar-refractivity contribution < 1.29 is 4.79 Å². The molecule has 1 aromatic rings. The molecule has 1 saturated heterocycles. The van der Waals surface area contributed by atoms with Gasteiger partial charge in [0.05, 0.1) is 16.8 Å². The van der Waals surface area contributed by atoms with Crippen LogP contribution in [0.5, 0.6) is 0 Å². The molecular formula is C11H12BrClN2O. The third-order valence-corrected chi connectivity index (χ3v) is 3.82. The van der Waals surface area contributed by atoms with Gasteiger partial charge in [0.1, 0.15) is 0 Å². The fourth-order valence-electron chi connectivity index (χ4n) is 1.81. The van der Waals surface area contributed by atoms with Gasteiger partial charge in [-0.05, 0) is 24.6 Å². The lowest BCUT2D eigenvalue weighted by Gasteiger charge is -2.19. The zero-order valence-electron chi connectivity index (χ0n) is 8.84. The van der Waals surface area contributed by atoms with Crippen molar-refractivity contribution in [2.24, 2.45) is 0 Å². The fraction of sp³-hybridized carbons (Fsp3) is 0.364. The average Bonchev–Trinajstić information content (AvgIpc) is 2.51. The molecule has 0 radical (unpaired) electrons. The van der Waals surface area contributed by atoms with Crippen LogP contribution in [0.2, 0.25) is 0 Å². The third kappa shape index (κ3) is 2.04. The summed E-state index contributed by atoms with van der Waals surface area (Å²) in [6.45, 7) is 2.50. The minimum absolute atomic E-state index is 0.0356. The van der Waals surface area contributed by atoms with E-state index in [2.05, 4.69) is 15.9 Å². The molecule has 0 bridgehead atoms. The number of aryl methyl sites for hydroxylation is 1. The first-order valence-electron chi connectivity index (χ1n) is 4.99. The van der Waals surface area contributed by atoms with Gasteiger partial charge in [-0.3, -0.25) is 4.79 Å². The number of nitrogens with zero attached hydrogens (tertiary/aromatic N) is 1. The van der Waals surface area contributed by atoms with Crippen LogP contribution in [-0.2, 0) is 4.79 Å². The van der Waals surface area contributed by atoms with Gasteiger partial charge in [-0.15, -0.1) is 11.6 Å². The molecule has 2 N–H and O–H groups in total. The van der Waals surface area contributed by atoms with Crippen molar-refractivity contribution in [2.75, 3.05) is 17.2 Å². The molecule has 86 valence electrons. The number of carbonyl (C=O) groups is 1. The molecule has 3 nitrogen and oxygen atoms in total. The summed E-state index contributed by atoms with van der Waals surface area (Å²) in [6.07, 6.45) is 0.385. The Hall–Kier alpha value is -0.740. The monoisotopic (exact) mass is 302 g/mol. The molecule has 0 spiro atoms. The lowest BCUT2D eigenvalue weighted by Crippen LogP contribution is -2.25. The Morgan fingerprint density at radius 2 is 2.25 bits per heavy atom. The summed E-state index contributed by atoms with van der Waals surface area (Å²) in [7, 11) is 0. The number of benzene rings is 1. The van der Waals surface area contributed by atoms with E-state index >= 15 is 0 Å². The number of amides is 1. The summed E-state index contributed by atoms with van der Waals surface area (Å²) >= 11 is 9.37. The van der Waals surface area contributed by atoms with E-state index in [1.807, 2.05) is 19.1 Å². The number of nitrogens with two attached hydrogens (primary N) is 1. The van der Waals surface area contributed by atoms with Crippen molar-refractivity contribution >= 4 is 44.8 Å². The predicted molar refractivity (Wildman–Crippen MR) is 69.9 cm³/mol. The summed E-state index contributed by atoms with van der Waals surface area (Å²) in [5, 5.41) is -0.115. The molecular weight excluding hydrogens is 291 g/mol. The maximum absolute atomic E-state index is 11.7. The molecule has 0 aromatic heterocycles. The molecule has 5 heteroatoms. The highest BCUT2D eigenvalue weighted by atomic mass is 79.9. The lowest BCUT2D eigenvalue weighted by molar-refractivity contribution is -0.117. The number of rotatable bonds is 1. The number of hydrogen-bond donors (Lipinski definition) is 1. The van der Waals surface area contributed by atoms with Crippen LogP contribution < -0.4 is 10.6 Å². The smallest absolute Gasteiger partial charge is 0.228 e. The Bertz CT molecular complexity index is 450. The number of anilines is 2. The standard InChI is InChI=1S/C11H12BrClN2O/c1-6-2-10(9(14)4-8(6)12)15-5-7(13)3-11(15)16/h2,4,7H,3,5,14H2,1H3. The predicted octanol–water partition coefficient (Wildman–Crippen LogP) is 2.68. The molecule has 1 fully saturated rings. The first-order chi connectivity index (χ1) is 7.49. The van der Waals surface area contributed by atoms with Crippen LogP contribution in [0.15, 0.2) is 16.6 Å². The highest BCUT2D eigenvalue weighted by Gasteiger charge is 2.30. The van der Waals surface area contributed by atoms with E-state index in [4.69, 9.17) is 17.3 Å². The average molecular weight is 304 g/mol. The van der Waals surface area contributed by atoms with Crippen molar-refractivity contribution in [3.63, 3.8) is 0 Å². The summed E-state index contributed by atoms with van der Waals surface area (Å²) in [5.74, 6) is 0.0356. The number of carbonyl (C=O) groups excluding carboxylic acids is 1. The van der Waals surface area contributed by atoms with Crippen LogP contribution in [0.4, 0.5) is 11.4 Å². The number of hydrogen-bond acceptors (Lipinski definition) is 2. The van der Waals surface area contributed by atoms with Gasteiger partial charge < -0.3 is 10.6 Å². The topological polar surface area (TPSA) is 46.3 Å². The molecule has 1 amide bonds. The van der Waals surface area contributed by atoms with Gasteiger partial charge in [0, 0.05) is 17.4 Å². The van der Waals surface area contributed by atoms with Crippen LogP contribution >= 0.6 is 27.5 Å². The zero-order chi connectivity index (χ0) is 11.9. The molecule has 0 saturated carbocycles. The summed E-state index contributed by atoms with van der Waals surface area (Å²) < 4.78 is 0.947. The zero-order valence-corrected chi connectivity index (χ0v) is 11.2. The maximum atomic E-state index is 11.7. The molecule has 0 aliphatic carbocycles. The lowest BCUT2D eigenvalue weighted by atomic mass is 10.2. The Kier molecular flexibility index (Phi) is 3.13. The van der Waals surface area contributed by atoms with E-state index in [1.54, 1.807) is 4.90 Å². The summed E-state index contributed by atoms with van der Waals surface area (Å²) in [6, 6.07) is 3.73. The fourth-order valence-corrected chi connectivity index (χ4v) is 2.44. The molecule has 1 aliphatic rings. The minimum Gasteiger partial charge on any atom is -0.397 e. The van der Waals surface area contributed by atoms with Crippen molar-refractivity contribution in [1.82, 2.24) is 0 Å². The van der Waals surface area contributed by atoms with E-state index in [0.29, 0.717) is 18.7 Å². The van der Waals surface area contributed by atoms with Gasteiger partial charge in [-0.25, -0.2) is 0 Å². The Labute approximate surface area is 108 Å². The Morgan fingerprint density at radius 1 is 1.56 bits per heavy atom. The summed E-state index contributed by atoms with van der Waals surface area (Å²) in [4.78, 5) is 13.4. The van der Waals surface area contributed by atoms with E-state index < -0.39 is 0 Å². The normalized spacial score (nSPS) is 20.6. The van der Waals surface area contributed by atoms with Gasteiger partial charge in [0.15, 0.2) is 0 Å². The van der Waals surface area contributed by atoms with Crippen LogP contribution in [0, 0.1) is 6.92 Å². The second-order valence-electron chi connectivity index (χ2n) is 3.97. The largest absolute Gasteiger partial charge is 0.397 e. The number of nitrogen functional groups attached to an aromatic ring is 1. The SMILES string of the molecule is Cc1cc(N2CC(Cl)CC2=O)c(N)cc1Br. The Balaban J connectivity index is 2.41. The summed E-state index contributed by atoms with van der Waals surface area (Å²) in [5.41, 5.74) is 8.31. The van der Waals surface area contributed by atoms with E-state index in [9.17, 15) is 4.79 Å². The van der Waals surface area contributed by atoms with E-state index in [-0.39, 0.29) is 11.3 Å². The molecule has 1 heterocycles. The molecule has 1 atom stereocenters. The molecule has 2 rings (SSSR count). The molecule has 1 aromatic carbocycles. The van der Waals surface area contributed by atoms with Gasteiger partial charge in [0.2, 0.25) is 5.91 Å². The number of alkyl halides is 1. The van der Waals surface area contributed by atoms with Gasteiger partial charge in [0.25, 0.3) is 0 Å². The van der Waals surface area contributed by atoms with Gasteiger partial charge in [-0.1, -0.05) is 15.9 Å². The van der Waals surface area contributed by atoms with Crippen molar-refractivity contribution in [2.45, 2.75) is 18.7 Å². The van der Waals surface area contributed by atoms with Crippen LogP contribution in [0.1, 0.15) is 12.0 Å². The van der Waals surface area contributed by atoms with Gasteiger partial charge >= 0.3 is 0 Å². The Morgan fingerprint density at radius 3 is 2.81 bits per heavy atom. The maximum Gasteiger partial charge on any atom is 0.228 e. The molecule has 16 heavy (non-hydrogen) atoms. The second-order valence-corrected chi connectivity index (χ2v) is 5.44. The highest BCUT2D eigenvalue weighted by molar-refractivity contribution is 9.10.